The monoisotopic (exact) mass is 427 g/mol. The van der Waals surface area contributed by atoms with E-state index in [1.165, 1.54) is 0 Å². The Bertz CT molecular complexity index is 1320. The molecule has 2 N–H and O–H groups in total. The van der Waals surface area contributed by atoms with Crippen LogP contribution in [0.15, 0.2) is 42.9 Å². The van der Waals surface area contributed by atoms with Crippen molar-refractivity contribution in [2.75, 3.05) is 18.4 Å². The Hall–Kier alpha value is -3.55. The lowest BCUT2D eigenvalue weighted by molar-refractivity contribution is -0.145. The molecule has 32 heavy (non-hydrogen) atoms. The summed E-state index contributed by atoms with van der Waals surface area (Å²) >= 11 is 0. The van der Waals surface area contributed by atoms with Gasteiger partial charge in [0.2, 0.25) is 11.9 Å². The molecule has 6 rings (SSSR count). The quantitative estimate of drug-likeness (QED) is 0.514. The van der Waals surface area contributed by atoms with Crippen molar-refractivity contribution in [3.8, 4) is 11.1 Å². The number of carbonyl (C=O) groups excluding carboxylic acids is 1. The molecule has 3 aromatic heterocycles. The molecule has 1 aliphatic heterocycles. The van der Waals surface area contributed by atoms with Gasteiger partial charge in [0, 0.05) is 47.9 Å². The fraction of sp³-hybridized carbons (Fsp3) is 0.375. The van der Waals surface area contributed by atoms with Crippen LogP contribution in [-0.2, 0) is 4.79 Å². The third-order valence-electron chi connectivity index (χ3n) is 6.89. The van der Waals surface area contributed by atoms with Gasteiger partial charge in [-0.2, -0.15) is 15.2 Å². The van der Waals surface area contributed by atoms with Crippen LogP contribution >= 0.6 is 0 Å². The molecule has 0 unspecified atom stereocenters. The van der Waals surface area contributed by atoms with Gasteiger partial charge >= 0.3 is 0 Å². The predicted molar refractivity (Wildman–Crippen MR) is 123 cm³/mol. The van der Waals surface area contributed by atoms with Gasteiger partial charge in [-0.15, -0.1) is 0 Å². The Morgan fingerprint density at radius 1 is 1.22 bits per heavy atom. The molecule has 0 spiro atoms. The number of H-pyrrole nitrogens is 1. The number of aromatic amines is 1. The molecule has 4 heterocycles. The maximum atomic E-state index is 12.8. The summed E-state index contributed by atoms with van der Waals surface area (Å²) < 4.78 is 0. The van der Waals surface area contributed by atoms with Crippen molar-refractivity contribution < 1.29 is 4.79 Å². The number of nitrogens with zero attached hydrogens (tertiary/aromatic N) is 5. The number of aromatic nitrogens is 5. The molecule has 1 aliphatic carbocycles. The summed E-state index contributed by atoms with van der Waals surface area (Å²) in [7, 11) is 0. The molecule has 1 saturated carbocycles. The lowest BCUT2D eigenvalue weighted by Gasteiger charge is -2.45. The first-order chi connectivity index (χ1) is 15.6. The minimum atomic E-state index is -0.258. The first kappa shape index (κ1) is 19.2. The Morgan fingerprint density at radius 2 is 2.06 bits per heavy atom. The van der Waals surface area contributed by atoms with Crippen molar-refractivity contribution >= 4 is 33.8 Å². The maximum Gasteiger partial charge on any atom is 0.228 e. The summed E-state index contributed by atoms with van der Waals surface area (Å²) in [6.07, 6.45) is 9.42. The van der Waals surface area contributed by atoms with Gasteiger partial charge < -0.3 is 15.2 Å². The topological polar surface area (TPSA) is 99.7 Å². The average Bonchev–Trinajstić information content (AvgIpc) is 3.47. The lowest BCUT2D eigenvalue weighted by atomic mass is 9.66. The van der Waals surface area contributed by atoms with E-state index in [0.717, 1.165) is 71.8 Å². The zero-order chi connectivity index (χ0) is 21.7. The number of nitrogens with one attached hydrogen (secondary N) is 2. The van der Waals surface area contributed by atoms with Crippen LogP contribution in [0, 0.1) is 5.41 Å². The molecule has 2 fully saturated rings. The summed E-state index contributed by atoms with van der Waals surface area (Å²) in [5.41, 5.74) is 3.54. The summed E-state index contributed by atoms with van der Waals surface area (Å²) in [4.78, 5) is 27.3. The average molecular weight is 428 g/mol. The number of amides is 1. The number of benzene rings is 1. The highest BCUT2D eigenvalue weighted by molar-refractivity contribution is 5.96. The number of fused-ring (bicyclic) bond motifs is 2. The molecule has 1 saturated heterocycles. The molecule has 0 radical (unpaired) electrons. The standard InChI is InChI=1S/C24H25N7O/c1-24(22(32)31-8-2-3-9-31)11-17(12-24)28-23-26-14-19-18(13-25-21(19)29-23)15-4-5-20-16(10-15)6-7-27-30-20/h4-7,10,13-14,17H,2-3,8-9,11-12H2,1H3,(H2,25,26,28,29)/t17-,24-. The van der Waals surface area contributed by atoms with Crippen molar-refractivity contribution in [3.63, 3.8) is 0 Å². The van der Waals surface area contributed by atoms with Gasteiger partial charge in [-0.3, -0.25) is 4.79 Å². The third-order valence-corrected chi connectivity index (χ3v) is 6.89. The molecule has 1 amide bonds. The summed E-state index contributed by atoms with van der Waals surface area (Å²) in [5, 5.41) is 13.5. The minimum absolute atomic E-state index is 0.222. The van der Waals surface area contributed by atoms with Gasteiger partial charge in [0.1, 0.15) is 5.65 Å². The Labute approximate surface area is 185 Å². The molecule has 0 atom stereocenters. The second-order valence-corrected chi connectivity index (χ2v) is 9.27. The Kier molecular flexibility index (Phi) is 4.34. The fourth-order valence-electron chi connectivity index (χ4n) is 5.16. The van der Waals surface area contributed by atoms with E-state index < -0.39 is 0 Å². The van der Waals surface area contributed by atoms with Crippen LogP contribution in [0.25, 0.3) is 33.1 Å². The molecular weight excluding hydrogens is 402 g/mol. The number of likely N-dealkylation sites (tertiary alicyclic amines) is 1. The molecular formula is C24H25N7O. The van der Waals surface area contributed by atoms with Gasteiger partial charge in [-0.1, -0.05) is 13.0 Å². The van der Waals surface area contributed by atoms with Gasteiger partial charge in [0.15, 0.2) is 0 Å². The van der Waals surface area contributed by atoms with E-state index in [4.69, 9.17) is 0 Å². The van der Waals surface area contributed by atoms with Crippen molar-refractivity contribution in [3.05, 3.63) is 42.9 Å². The van der Waals surface area contributed by atoms with Crippen LogP contribution < -0.4 is 5.32 Å². The largest absolute Gasteiger partial charge is 0.351 e. The van der Waals surface area contributed by atoms with E-state index in [0.29, 0.717) is 11.9 Å². The van der Waals surface area contributed by atoms with Gasteiger partial charge in [-0.05, 0) is 49.4 Å². The first-order valence-corrected chi connectivity index (χ1v) is 11.2. The zero-order valence-corrected chi connectivity index (χ0v) is 18.0. The lowest BCUT2D eigenvalue weighted by Crippen LogP contribution is -2.53. The van der Waals surface area contributed by atoms with Gasteiger partial charge in [0.25, 0.3) is 0 Å². The second-order valence-electron chi connectivity index (χ2n) is 9.27. The second kappa shape index (κ2) is 7.25. The molecule has 8 nitrogen and oxygen atoms in total. The number of rotatable bonds is 4. The molecule has 2 aliphatic rings. The summed E-state index contributed by atoms with van der Waals surface area (Å²) in [6.45, 7) is 3.90. The van der Waals surface area contributed by atoms with Crippen LogP contribution in [0.1, 0.15) is 32.6 Å². The van der Waals surface area contributed by atoms with Crippen molar-refractivity contribution in [1.29, 1.82) is 0 Å². The molecule has 0 bridgehead atoms. The fourth-order valence-corrected chi connectivity index (χ4v) is 5.16. The number of hydrogen-bond donors (Lipinski definition) is 2. The molecule has 8 heteroatoms. The number of anilines is 1. The van der Waals surface area contributed by atoms with E-state index in [-0.39, 0.29) is 11.5 Å². The van der Waals surface area contributed by atoms with Gasteiger partial charge in [0.05, 0.1) is 17.1 Å². The van der Waals surface area contributed by atoms with E-state index in [1.807, 2.05) is 35.5 Å². The van der Waals surface area contributed by atoms with Crippen molar-refractivity contribution in [1.82, 2.24) is 30.0 Å². The van der Waals surface area contributed by atoms with E-state index in [1.54, 1.807) is 6.20 Å². The summed E-state index contributed by atoms with van der Waals surface area (Å²) in [6, 6.07) is 8.30. The first-order valence-electron chi connectivity index (χ1n) is 11.2. The van der Waals surface area contributed by atoms with E-state index in [2.05, 4.69) is 43.5 Å². The van der Waals surface area contributed by atoms with Crippen LogP contribution in [-0.4, -0.2) is 55.1 Å². The van der Waals surface area contributed by atoms with Crippen LogP contribution in [0.4, 0.5) is 5.95 Å². The SMILES string of the molecule is C[C@]1(C(=O)N2CCCC2)C[C@H](Nc2ncc3c(-c4ccc5nnccc5c4)c[nH]c3n2)C1. The highest BCUT2D eigenvalue weighted by atomic mass is 16.2. The molecule has 1 aromatic carbocycles. The van der Waals surface area contributed by atoms with Crippen molar-refractivity contribution in [2.24, 2.45) is 5.41 Å². The number of carbonyl (C=O) groups is 1. The third kappa shape index (κ3) is 3.18. The zero-order valence-electron chi connectivity index (χ0n) is 18.0. The van der Waals surface area contributed by atoms with Gasteiger partial charge in [-0.25, -0.2) is 4.98 Å². The van der Waals surface area contributed by atoms with Crippen molar-refractivity contribution in [2.45, 2.75) is 38.6 Å². The normalized spacial score (nSPS) is 22.9. The highest BCUT2D eigenvalue weighted by Gasteiger charge is 2.48. The highest BCUT2D eigenvalue weighted by Crippen LogP contribution is 2.44. The van der Waals surface area contributed by atoms with Crippen LogP contribution in [0.5, 0.6) is 0 Å². The predicted octanol–water partition coefficient (Wildman–Crippen LogP) is 3.77. The Balaban J connectivity index is 1.18. The summed E-state index contributed by atoms with van der Waals surface area (Å²) in [5.74, 6) is 0.903. The maximum absolute atomic E-state index is 12.8. The van der Waals surface area contributed by atoms with Crippen LogP contribution in [0.2, 0.25) is 0 Å². The van der Waals surface area contributed by atoms with Crippen LogP contribution in [0.3, 0.4) is 0 Å². The minimum Gasteiger partial charge on any atom is -0.351 e. The molecule has 4 aromatic rings. The van der Waals surface area contributed by atoms with E-state index in [9.17, 15) is 4.79 Å². The van der Waals surface area contributed by atoms with E-state index >= 15 is 0 Å². The smallest absolute Gasteiger partial charge is 0.228 e. The molecule has 162 valence electrons. The Morgan fingerprint density at radius 3 is 2.91 bits per heavy atom. The number of hydrogen-bond acceptors (Lipinski definition) is 6.